The zero-order valence-electron chi connectivity index (χ0n) is 11.2. The lowest BCUT2D eigenvalue weighted by molar-refractivity contribution is -0.142. The van der Waals surface area contributed by atoms with E-state index in [2.05, 4.69) is 26.8 Å². The molecule has 0 heterocycles. The van der Waals surface area contributed by atoms with E-state index in [0.29, 0.717) is 0 Å². The van der Waals surface area contributed by atoms with Crippen molar-refractivity contribution in [2.45, 2.75) is 46.5 Å². The van der Waals surface area contributed by atoms with Gasteiger partial charge >= 0.3 is 5.97 Å². The van der Waals surface area contributed by atoms with Crippen molar-refractivity contribution in [2.24, 2.45) is 5.92 Å². The lowest BCUT2D eigenvalue weighted by atomic mass is 9.88. The summed E-state index contributed by atoms with van der Waals surface area (Å²) in [6.07, 6.45) is 0. The second-order valence-electron chi connectivity index (χ2n) is 5.40. The highest BCUT2D eigenvalue weighted by molar-refractivity contribution is 5.75. The molecule has 0 saturated heterocycles. The van der Waals surface area contributed by atoms with E-state index in [-0.39, 0.29) is 17.8 Å². The molecule has 0 fully saturated rings. The number of aryl methyl sites for hydroxylation is 2. The van der Waals surface area contributed by atoms with Gasteiger partial charge in [0.1, 0.15) is 0 Å². The van der Waals surface area contributed by atoms with Crippen molar-refractivity contribution < 1.29 is 9.90 Å². The monoisotopic (exact) mass is 232 g/mol. The van der Waals surface area contributed by atoms with Crippen molar-refractivity contribution in [1.29, 1.82) is 0 Å². The number of fused-ring (bicyclic) bond motifs is 1. The Morgan fingerprint density at radius 2 is 1.59 bits per heavy atom. The number of benzene rings is 1. The maximum absolute atomic E-state index is 11.4. The molecule has 0 aliphatic heterocycles. The molecule has 1 unspecified atom stereocenters. The van der Waals surface area contributed by atoms with Gasteiger partial charge in [0.15, 0.2) is 0 Å². The SMILES string of the molecule is Cc1cc(C)c2c(c1C)[C@H](C)C(C(=O)O)[C@@H]2C. The van der Waals surface area contributed by atoms with Crippen LogP contribution in [-0.4, -0.2) is 11.1 Å². The minimum Gasteiger partial charge on any atom is -0.481 e. The van der Waals surface area contributed by atoms with E-state index < -0.39 is 5.97 Å². The molecule has 92 valence electrons. The first-order valence-electron chi connectivity index (χ1n) is 6.19. The Morgan fingerprint density at radius 1 is 1.06 bits per heavy atom. The Kier molecular flexibility index (Phi) is 2.76. The second-order valence-corrected chi connectivity index (χ2v) is 5.40. The van der Waals surface area contributed by atoms with Crippen molar-refractivity contribution in [3.63, 3.8) is 0 Å². The Morgan fingerprint density at radius 3 is 2.12 bits per heavy atom. The molecule has 0 bridgehead atoms. The first-order chi connectivity index (χ1) is 7.86. The zero-order chi connectivity index (χ0) is 12.9. The van der Waals surface area contributed by atoms with Crippen molar-refractivity contribution in [1.82, 2.24) is 0 Å². The number of aliphatic carboxylic acids is 1. The van der Waals surface area contributed by atoms with Crippen molar-refractivity contribution >= 4 is 5.97 Å². The van der Waals surface area contributed by atoms with Crippen LogP contribution in [0.5, 0.6) is 0 Å². The van der Waals surface area contributed by atoms with Crippen LogP contribution in [0.15, 0.2) is 6.07 Å². The van der Waals surface area contributed by atoms with E-state index in [0.717, 1.165) is 0 Å². The molecule has 3 atom stereocenters. The van der Waals surface area contributed by atoms with Gasteiger partial charge in [0, 0.05) is 0 Å². The summed E-state index contributed by atoms with van der Waals surface area (Å²) in [5, 5.41) is 9.38. The summed E-state index contributed by atoms with van der Waals surface area (Å²) in [6, 6.07) is 2.18. The summed E-state index contributed by atoms with van der Waals surface area (Å²) >= 11 is 0. The quantitative estimate of drug-likeness (QED) is 0.804. The molecule has 1 N–H and O–H groups in total. The molecule has 1 aliphatic rings. The summed E-state index contributed by atoms with van der Waals surface area (Å²) in [5.41, 5.74) is 6.33. The molecule has 0 amide bonds. The maximum atomic E-state index is 11.4. The highest BCUT2D eigenvalue weighted by Crippen LogP contribution is 2.49. The zero-order valence-corrected chi connectivity index (χ0v) is 11.2. The van der Waals surface area contributed by atoms with E-state index in [9.17, 15) is 9.90 Å². The predicted molar refractivity (Wildman–Crippen MR) is 68.6 cm³/mol. The van der Waals surface area contributed by atoms with Crippen LogP contribution in [0.3, 0.4) is 0 Å². The molecule has 0 radical (unpaired) electrons. The highest BCUT2D eigenvalue weighted by Gasteiger charge is 2.42. The number of carboxylic acid groups (broad SMARTS) is 1. The fourth-order valence-corrected chi connectivity index (χ4v) is 3.55. The van der Waals surface area contributed by atoms with Gasteiger partial charge in [-0.05, 0) is 60.4 Å². The van der Waals surface area contributed by atoms with Gasteiger partial charge in [-0.25, -0.2) is 0 Å². The molecule has 17 heavy (non-hydrogen) atoms. The first-order valence-corrected chi connectivity index (χ1v) is 6.19. The third-order valence-corrected chi connectivity index (χ3v) is 4.42. The number of hydrogen-bond donors (Lipinski definition) is 1. The Bertz CT molecular complexity index is 488. The van der Waals surface area contributed by atoms with Crippen LogP contribution in [-0.2, 0) is 4.79 Å². The van der Waals surface area contributed by atoms with Gasteiger partial charge < -0.3 is 5.11 Å². The summed E-state index contributed by atoms with van der Waals surface area (Å²) in [7, 11) is 0. The Hall–Kier alpha value is -1.31. The summed E-state index contributed by atoms with van der Waals surface area (Å²) in [5.74, 6) is -0.699. The van der Waals surface area contributed by atoms with Crippen molar-refractivity contribution in [3.8, 4) is 0 Å². The average molecular weight is 232 g/mol. The lowest BCUT2D eigenvalue weighted by Gasteiger charge is -2.15. The van der Waals surface area contributed by atoms with Crippen molar-refractivity contribution in [3.05, 3.63) is 33.9 Å². The topological polar surface area (TPSA) is 37.3 Å². The molecular formula is C15H20O2. The molecule has 2 heteroatoms. The standard InChI is InChI=1S/C15H20O2/c1-7-6-8(2)12-10(4)14(15(16)17)11(5)13(12)9(7)3/h6,10-11,14H,1-5H3,(H,16,17)/t10-,11+,14?/m1/s1. The second kappa shape index (κ2) is 3.86. The van der Waals surface area contributed by atoms with Crippen LogP contribution in [0.1, 0.15) is 53.5 Å². The molecule has 1 aliphatic carbocycles. The third-order valence-electron chi connectivity index (χ3n) is 4.42. The summed E-state index contributed by atoms with van der Waals surface area (Å²) in [4.78, 5) is 11.4. The minimum absolute atomic E-state index is 0.121. The van der Waals surface area contributed by atoms with Crippen LogP contribution in [0, 0.1) is 26.7 Å². The van der Waals surface area contributed by atoms with Gasteiger partial charge in [-0.1, -0.05) is 19.9 Å². The first kappa shape index (κ1) is 12.2. The minimum atomic E-state index is -0.669. The Balaban J connectivity index is 2.69. The molecule has 2 rings (SSSR count). The van der Waals surface area contributed by atoms with Crippen LogP contribution >= 0.6 is 0 Å². The van der Waals surface area contributed by atoms with Gasteiger partial charge in [0.2, 0.25) is 0 Å². The largest absolute Gasteiger partial charge is 0.481 e. The lowest BCUT2D eigenvalue weighted by Crippen LogP contribution is -2.19. The molecule has 1 aromatic rings. The van der Waals surface area contributed by atoms with E-state index >= 15 is 0 Å². The fraction of sp³-hybridized carbons (Fsp3) is 0.533. The highest BCUT2D eigenvalue weighted by atomic mass is 16.4. The van der Waals surface area contributed by atoms with E-state index in [4.69, 9.17) is 0 Å². The molecule has 1 aromatic carbocycles. The molecule has 2 nitrogen and oxygen atoms in total. The average Bonchev–Trinajstić information content (AvgIpc) is 2.47. The molecular weight excluding hydrogens is 212 g/mol. The molecule has 0 spiro atoms. The van der Waals surface area contributed by atoms with Gasteiger partial charge in [-0.15, -0.1) is 0 Å². The van der Waals surface area contributed by atoms with Crippen LogP contribution in [0.25, 0.3) is 0 Å². The fourth-order valence-electron chi connectivity index (χ4n) is 3.55. The van der Waals surface area contributed by atoms with Crippen LogP contribution < -0.4 is 0 Å². The van der Waals surface area contributed by atoms with Gasteiger partial charge in [-0.2, -0.15) is 0 Å². The van der Waals surface area contributed by atoms with Gasteiger partial charge in [0.05, 0.1) is 5.92 Å². The molecule has 0 aromatic heterocycles. The van der Waals surface area contributed by atoms with E-state index in [1.807, 2.05) is 13.8 Å². The third kappa shape index (κ3) is 1.58. The van der Waals surface area contributed by atoms with Gasteiger partial charge in [-0.3, -0.25) is 4.79 Å². The Labute approximate surface area is 103 Å². The summed E-state index contributed by atoms with van der Waals surface area (Å²) < 4.78 is 0. The van der Waals surface area contributed by atoms with Crippen LogP contribution in [0.2, 0.25) is 0 Å². The number of carbonyl (C=O) groups is 1. The number of hydrogen-bond acceptors (Lipinski definition) is 1. The number of rotatable bonds is 1. The summed E-state index contributed by atoms with van der Waals surface area (Å²) in [6.45, 7) is 10.4. The van der Waals surface area contributed by atoms with E-state index in [1.54, 1.807) is 0 Å². The maximum Gasteiger partial charge on any atom is 0.307 e. The smallest absolute Gasteiger partial charge is 0.307 e. The van der Waals surface area contributed by atoms with Crippen molar-refractivity contribution in [2.75, 3.05) is 0 Å². The predicted octanol–water partition coefficient (Wildman–Crippen LogP) is 3.53. The van der Waals surface area contributed by atoms with Gasteiger partial charge in [0.25, 0.3) is 0 Å². The number of carboxylic acids is 1. The van der Waals surface area contributed by atoms with E-state index in [1.165, 1.54) is 27.8 Å². The van der Waals surface area contributed by atoms with Crippen LogP contribution in [0.4, 0.5) is 0 Å². The normalized spacial score (nSPS) is 27.0. The molecule has 0 saturated carbocycles.